The molecular weight excluding hydrogens is 443 g/mol. The third kappa shape index (κ3) is 9.16. The van der Waals surface area contributed by atoms with Crippen molar-refractivity contribution in [3.63, 3.8) is 0 Å². The summed E-state index contributed by atoms with van der Waals surface area (Å²) in [7, 11) is 1.72. The number of rotatable bonds is 9. The van der Waals surface area contributed by atoms with Crippen LogP contribution >= 0.6 is 24.0 Å². The van der Waals surface area contributed by atoms with E-state index in [1.54, 1.807) is 7.11 Å². The van der Waals surface area contributed by atoms with Crippen LogP contribution in [0.2, 0.25) is 0 Å². The van der Waals surface area contributed by atoms with Crippen LogP contribution in [0.15, 0.2) is 29.3 Å². The number of guanidine groups is 1. The van der Waals surface area contributed by atoms with E-state index in [9.17, 15) is 0 Å². The predicted molar refractivity (Wildman–Crippen MR) is 117 cm³/mol. The number of nitrogens with one attached hydrogen (secondary N) is 2. The molecule has 2 N–H and O–H groups in total. The average molecular weight is 476 g/mol. The number of hydrogen-bond acceptors (Lipinski definition) is 4. The number of ether oxygens (including phenoxy) is 2. The van der Waals surface area contributed by atoms with Gasteiger partial charge in [-0.1, -0.05) is 24.3 Å². The van der Waals surface area contributed by atoms with Crippen LogP contribution in [0.1, 0.15) is 24.5 Å². The number of aliphatic imine (C=N–C) groups is 1. The van der Waals surface area contributed by atoms with Crippen LogP contribution in [-0.2, 0) is 22.6 Å². The lowest BCUT2D eigenvalue weighted by molar-refractivity contribution is 0.0376. The lowest BCUT2D eigenvalue weighted by Gasteiger charge is -2.26. The molecule has 0 bridgehead atoms. The summed E-state index contributed by atoms with van der Waals surface area (Å²) in [6.45, 7) is 10.1. The van der Waals surface area contributed by atoms with Gasteiger partial charge in [-0.2, -0.15) is 0 Å². The fourth-order valence-electron chi connectivity index (χ4n) is 2.83. The molecule has 0 amide bonds. The molecule has 1 aromatic carbocycles. The lowest BCUT2D eigenvalue weighted by atomic mass is 10.1. The summed E-state index contributed by atoms with van der Waals surface area (Å²) in [5.74, 6) is 0.877. The van der Waals surface area contributed by atoms with Gasteiger partial charge in [-0.3, -0.25) is 4.90 Å². The summed E-state index contributed by atoms with van der Waals surface area (Å²) >= 11 is 0. The Morgan fingerprint density at radius 2 is 2.00 bits per heavy atom. The Morgan fingerprint density at radius 1 is 1.23 bits per heavy atom. The molecule has 1 saturated heterocycles. The second-order valence-corrected chi connectivity index (χ2v) is 6.18. The van der Waals surface area contributed by atoms with Crippen molar-refractivity contribution in [2.45, 2.75) is 26.5 Å². The SMILES string of the molecule is CCNC(=NCc1cccc(COC)c1)NCCCN1CCOCC1.I. The second kappa shape index (κ2) is 14.2. The molecule has 0 atom stereocenters. The van der Waals surface area contributed by atoms with E-state index in [0.29, 0.717) is 13.2 Å². The molecule has 1 aliphatic rings. The summed E-state index contributed by atoms with van der Waals surface area (Å²) in [6.07, 6.45) is 1.10. The molecule has 1 fully saturated rings. The van der Waals surface area contributed by atoms with Crippen LogP contribution in [0.3, 0.4) is 0 Å². The average Bonchev–Trinajstić information content (AvgIpc) is 2.64. The summed E-state index contributed by atoms with van der Waals surface area (Å²) in [4.78, 5) is 7.14. The quantitative estimate of drug-likeness (QED) is 0.248. The number of halogens is 1. The maximum atomic E-state index is 5.38. The van der Waals surface area contributed by atoms with Crippen molar-refractivity contribution in [3.8, 4) is 0 Å². The Bertz CT molecular complexity index is 522. The van der Waals surface area contributed by atoms with Gasteiger partial charge in [0.05, 0.1) is 26.4 Å². The van der Waals surface area contributed by atoms with E-state index >= 15 is 0 Å². The fraction of sp³-hybridized carbons (Fsp3) is 0.632. The zero-order chi connectivity index (χ0) is 17.7. The highest BCUT2D eigenvalue weighted by atomic mass is 127. The number of methoxy groups -OCH3 is 1. The fourth-order valence-corrected chi connectivity index (χ4v) is 2.83. The molecule has 26 heavy (non-hydrogen) atoms. The normalized spacial score (nSPS) is 15.4. The van der Waals surface area contributed by atoms with Gasteiger partial charge in [0, 0.05) is 33.3 Å². The third-order valence-electron chi connectivity index (χ3n) is 4.11. The van der Waals surface area contributed by atoms with Gasteiger partial charge in [-0.05, 0) is 31.0 Å². The number of nitrogens with zero attached hydrogens (tertiary/aromatic N) is 2. The van der Waals surface area contributed by atoms with Gasteiger partial charge in [0.25, 0.3) is 0 Å². The summed E-state index contributed by atoms with van der Waals surface area (Å²) in [5, 5.41) is 6.74. The Kier molecular flexibility index (Phi) is 12.6. The van der Waals surface area contributed by atoms with Gasteiger partial charge in [0.1, 0.15) is 0 Å². The smallest absolute Gasteiger partial charge is 0.191 e. The van der Waals surface area contributed by atoms with Gasteiger partial charge in [0.2, 0.25) is 0 Å². The molecule has 1 aliphatic heterocycles. The molecule has 0 radical (unpaired) electrons. The molecular formula is C19H33IN4O2. The molecule has 0 spiro atoms. The molecule has 2 rings (SSSR count). The van der Waals surface area contributed by atoms with Gasteiger partial charge < -0.3 is 20.1 Å². The monoisotopic (exact) mass is 476 g/mol. The maximum Gasteiger partial charge on any atom is 0.191 e. The summed E-state index contributed by atoms with van der Waals surface area (Å²) < 4.78 is 10.6. The highest BCUT2D eigenvalue weighted by Gasteiger charge is 2.09. The number of morpholine rings is 1. The van der Waals surface area contributed by atoms with Crippen LogP contribution in [0.4, 0.5) is 0 Å². The minimum absolute atomic E-state index is 0. The zero-order valence-corrected chi connectivity index (χ0v) is 18.3. The summed E-state index contributed by atoms with van der Waals surface area (Å²) in [6, 6.07) is 8.38. The molecule has 1 heterocycles. The van der Waals surface area contributed by atoms with Crippen molar-refractivity contribution in [3.05, 3.63) is 35.4 Å². The van der Waals surface area contributed by atoms with E-state index in [0.717, 1.165) is 58.3 Å². The first-order valence-corrected chi connectivity index (χ1v) is 9.21. The molecule has 148 valence electrons. The van der Waals surface area contributed by atoms with Crippen molar-refractivity contribution in [2.75, 3.05) is 53.0 Å². The lowest BCUT2D eigenvalue weighted by Crippen LogP contribution is -2.40. The molecule has 0 aromatic heterocycles. The molecule has 7 heteroatoms. The van der Waals surface area contributed by atoms with Crippen molar-refractivity contribution < 1.29 is 9.47 Å². The minimum Gasteiger partial charge on any atom is -0.380 e. The van der Waals surface area contributed by atoms with Crippen LogP contribution in [0.5, 0.6) is 0 Å². The van der Waals surface area contributed by atoms with Crippen molar-refractivity contribution >= 4 is 29.9 Å². The van der Waals surface area contributed by atoms with E-state index in [1.165, 1.54) is 11.1 Å². The predicted octanol–water partition coefficient (Wildman–Crippen LogP) is 2.23. The molecule has 6 nitrogen and oxygen atoms in total. The van der Waals surface area contributed by atoms with E-state index in [1.807, 2.05) is 0 Å². The van der Waals surface area contributed by atoms with E-state index in [-0.39, 0.29) is 24.0 Å². The summed E-state index contributed by atoms with van der Waals surface area (Å²) in [5.41, 5.74) is 2.37. The van der Waals surface area contributed by atoms with E-state index < -0.39 is 0 Å². The highest BCUT2D eigenvalue weighted by Crippen LogP contribution is 2.07. The zero-order valence-electron chi connectivity index (χ0n) is 16.0. The van der Waals surface area contributed by atoms with Gasteiger partial charge in [0.15, 0.2) is 5.96 Å². The van der Waals surface area contributed by atoms with Crippen LogP contribution in [-0.4, -0.2) is 63.9 Å². The molecule has 0 unspecified atom stereocenters. The highest BCUT2D eigenvalue weighted by molar-refractivity contribution is 14.0. The molecule has 1 aromatic rings. The van der Waals surface area contributed by atoms with Crippen LogP contribution in [0.25, 0.3) is 0 Å². The molecule has 0 aliphatic carbocycles. The Hall–Kier alpha value is -0.900. The van der Waals surface area contributed by atoms with Gasteiger partial charge in [-0.15, -0.1) is 24.0 Å². The standard InChI is InChI=1S/C19H32N4O2.HI/c1-3-20-19(21-8-5-9-23-10-12-25-13-11-23)22-15-17-6-4-7-18(14-17)16-24-2;/h4,6-7,14H,3,5,8-13,15-16H2,1-2H3,(H2,20,21,22);1H. The minimum atomic E-state index is 0. The van der Waals surface area contributed by atoms with E-state index in [2.05, 4.69) is 51.7 Å². The third-order valence-corrected chi connectivity index (χ3v) is 4.11. The number of hydrogen-bond donors (Lipinski definition) is 2. The Morgan fingerprint density at radius 3 is 2.73 bits per heavy atom. The first-order valence-electron chi connectivity index (χ1n) is 9.21. The van der Waals surface area contributed by atoms with Crippen molar-refractivity contribution in [2.24, 2.45) is 4.99 Å². The molecule has 0 saturated carbocycles. The maximum absolute atomic E-state index is 5.38. The number of benzene rings is 1. The Labute approximate surface area is 174 Å². The topological polar surface area (TPSA) is 58.1 Å². The van der Waals surface area contributed by atoms with Crippen molar-refractivity contribution in [1.29, 1.82) is 0 Å². The second-order valence-electron chi connectivity index (χ2n) is 6.18. The van der Waals surface area contributed by atoms with E-state index in [4.69, 9.17) is 9.47 Å². The van der Waals surface area contributed by atoms with Crippen molar-refractivity contribution in [1.82, 2.24) is 15.5 Å². The Balaban J connectivity index is 0.00000338. The first kappa shape index (κ1) is 23.1. The van der Waals surface area contributed by atoms with Crippen LogP contribution in [0, 0.1) is 0 Å². The first-order chi connectivity index (χ1) is 12.3. The van der Waals surface area contributed by atoms with Gasteiger partial charge >= 0.3 is 0 Å². The largest absolute Gasteiger partial charge is 0.380 e. The van der Waals surface area contributed by atoms with Gasteiger partial charge in [-0.25, -0.2) is 4.99 Å². The van der Waals surface area contributed by atoms with Crippen LogP contribution < -0.4 is 10.6 Å².